The highest BCUT2D eigenvalue weighted by Gasteiger charge is 2.13. The van der Waals surface area contributed by atoms with Gasteiger partial charge in [-0.15, -0.1) is 5.10 Å². The van der Waals surface area contributed by atoms with Crippen LogP contribution in [0.1, 0.15) is 39.6 Å². The molecule has 0 radical (unpaired) electrons. The third-order valence-corrected chi connectivity index (χ3v) is 1.60. The molecule has 1 aromatic rings. The molecular formula is C9H18N4O. The lowest BCUT2D eigenvalue weighted by Crippen LogP contribution is -2.19. The summed E-state index contributed by atoms with van der Waals surface area (Å²) in [4.78, 5) is 0. The molecule has 1 heterocycles. The molecule has 1 unspecified atom stereocenters. The molecule has 0 saturated heterocycles. The predicted molar refractivity (Wildman–Crippen MR) is 54.8 cm³/mol. The quantitative estimate of drug-likeness (QED) is 0.770. The van der Waals surface area contributed by atoms with E-state index in [-0.39, 0.29) is 11.5 Å². The van der Waals surface area contributed by atoms with Crippen molar-refractivity contribution < 1.29 is 4.42 Å². The lowest BCUT2D eigenvalue weighted by atomic mass is 9.97. The van der Waals surface area contributed by atoms with Crippen LogP contribution in [-0.2, 0) is 0 Å². The Hall–Kier alpha value is -1.10. The second-order valence-electron chi connectivity index (χ2n) is 4.65. The maximum Gasteiger partial charge on any atom is 0.315 e. The van der Waals surface area contributed by atoms with E-state index in [0.29, 0.717) is 11.9 Å². The summed E-state index contributed by atoms with van der Waals surface area (Å²) in [6, 6.07) is 0.222. The van der Waals surface area contributed by atoms with Gasteiger partial charge in [-0.3, -0.25) is 0 Å². The van der Waals surface area contributed by atoms with Crippen molar-refractivity contribution >= 4 is 6.01 Å². The van der Waals surface area contributed by atoms with Crippen LogP contribution in [0.15, 0.2) is 4.42 Å². The minimum absolute atomic E-state index is 0.183. The van der Waals surface area contributed by atoms with E-state index in [9.17, 15) is 0 Å². The number of hydrogen-bond donors (Lipinski definition) is 2. The Labute approximate surface area is 84.1 Å². The van der Waals surface area contributed by atoms with Crippen LogP contribution >= 0.6 is 0 Å². The van der Waals surface area contributed by atoms with Crippen LogP contribution in [-0.4, -0.2) is 16.7 Å². The summed E-state index contributed by atoms with van der Waals surface area (Å²) in [5.41, 5.74) is 5.77. The second kappa shape index (κ2) is 3.96. The maximum absolute atomic E-state index is 5.58. The van der Waals surface area contributed by atoms with Crippen molar-refractivity contribution in [1.82, 2.24) is 10.2 Å². The molecule has 0 aromatic carbocycles. The fourth-order valence-electron chi connectivity index (χ4n) is 0.831. The molecule has 5 heteroatoms. The number of anilines is 1. The molecule has 0 aliphatic carbocycles. The van der Waals surface area contributed by atoms with Crippen LogP contribution in [0, 0.1) is 5.41 Å². The summed E-state index contributed by atoms with van der Waals surface area (Å²) in [6.45, 7) is 8.98. The average molecular weight is 198 g/mol. The summed E-state index contributed by atoms with van der Waals surface area (Å²) < 4.78 is 5.28. The summed E-state index contributed by atoms with van der Waals surface area (Å²) in [6.07, 6.45) is 0. The molecule has 14 heavy (non-hydrogen) atoms. The molecule has 0 saturated carbocycles. The van der Waals surface area contributed by atoms with Crippen LogP contribution < -0.4 is 11.1 Å². The Balaban J connectivity index is 2.52. The van der Waals surface area contributed by atoms with Gasteiger partial charge in [-0.25, -0.2) is 0 Å². The first-order valence-electron chi connectivity index (χ1n) is 4.71. The van der Waals surface area contributed by atoms with E-state index in [4.69, 9.17) is 10.2 Å². The van der Waals surface area contributed by atoms with Crippen LogP contribution in [0.5, 0.6) is 0 Å². The molecule has 1 atom stereocenters. The molecule has 5 nitrogen and oxygen atoms in total. The Morgan fingerprint density at radius 3 is 2.50 bits per heavy atom. The van der Waals surface area contributed by atoms with Gasteiger partial charge in [0, 0.05) is 6.54 Å². The van der Waals surface area contributed by atoms with Crippen LogP contribution in [0.4, 0.5) is 6.01 Å². The van der Waals surface area contributed by atoms with Gasteiger partial charge in [0.2, 0.25) is 5.89 Å². The van der Waals surface area contributed by atoms with Gasteiger partial charge < -0.3 is 15.5 Å². The highest BCUT2D eigenvalue weighted by atomic mass is 16.4. The first-order chi connectivity index (χ1) is 6.38. The number of nitrogens with zero attached hydrogens (tertiary/aromatic N) is 2. The van der Waals surface area contributed by atoms with Crippen molar-refractivity contribution in [3.05, 3.63) is 5.89 Å². The number of nitrogens with one attached hydrogen (secondary N) is 1. The zero-order valence-electron chi connectivity index (χ0n) is 9.16. The molecule has 1 aromatic heterocycles. The van der Waals surface area contributed by atoms with Crippen LogP contribution in [0.2, 0.25) is 0 Å². The number of rotatable bonds is 3. The normalized spacial score (nSPS) is 14.1. The van der Waals surface area contributed by atoms with Crippen molar-refractivity contribution in [2.24, 2.45) is 11.1 Å². The van der Waals surface area contributed by atoms with Crippen molar-refractivity contribution in [1.29, 1.82) is 0 Å². The molecular weight excluding hydrogens is 180 g/mol. The molecule has 80 valence electrons. The third-order valence-electron chi connectivity index (χ3n) is 1.60. The summed E-state index contributed by atoms with van der Waals surface area (Å²) in [5.74, 6) is 0.460. The summed E-state index contributed by atoms with van der Waals surface area (Å²) >= 11 is 0. The van der Waals surface area contributed by atoms with Crippen molar-refractivity contribution in [3.8, 4) is 0 Å². The molecule has 0 spiro atoms. The zero-order chi connectivity index (χ0) is 10.8. The van der Waals surface area contributed by atoms with E-state index in [0.717, 1.165) is 6.54 Å². The monoisotopic (exact) mass is 198 g/mol. The van der Waals surface area contributed by atoms with Gasteiger partial charge in [-0.1, -0.05) is 25.9 Å². The Bertz CT molecular complexity index is 287. The Morgan fingerprint density at radius 2 is 2.07 bits per heavy atom. The fraction of sp³-hybridized carbons (Fsp3) is 0.778. The standard InChI is InChI=1S/C9H18N4O/c1-6(10)7-12-13-8(14-7)11-5-9(2,3)4/h6H,5,10H2,1-4H3,(H,11,13). The molecule has 1 rings (SSSR count). The van der Waals surface area contributed by atoms with E-state index >= 15 is 0 Å². The van der Waals surface area contributed by atoms with Crippen molar-refractivity contribution in [3.63, 3.8) is 0 Å². The summed E-state index contributed by atoms with van der Waals surface area (Å²) in [5, 5.41) is 10.7. The molecule has 3 N–H and O–H groups in total. The minimum Gasteiger partial charge on any atom is -0.406 e. The lowest BCUT2D eigenvalue weighted by Gasteiger charge is -2.17. The lowest BCUT2D eigenvalue weighted by molar-refractivity contribution is 0.425. The molecule has 0 aliphatic heterocycles. The largest absolute Gasteiger partial charge is 0.406 e. The smallest absolute Gasteiger partial charge is 0.315 e. The Kier molecular flexibility index (Phi) is 3.10. The van der Waals surface area contributed by atoms with E-state index in [1.807, 2.05) is 0 Å². The predicted octanol–water partition coefficient (Wildman–Crippen LogP) is 1.55. The molecule has 0 aliphatic rings. The van der Waals surface area contributed by atoms with E-state index < -0.39 is 0 Å². The van der Waals surface area contributed by atoms with Gasteiger partial charge in [0.25, 0.3) is 0 Å². The number of hydrogen-bond acceptors (Lipinski definition) is 5. The first kappa shape index (κ1) is 11.0. The van der Waals surface area contributed by atoms with Crippen LogP contribution in [0.25, 0.3) is 0 Å². The van der Waals surface area contributed by atoms with E-state index in [1.54, 1.807) is 6.92 Å². The van der Waals surface area contributed by atoms with Crippen molar-refractivity contribution in [2.75, 3.05) is 11.9 Å². The van der Waals surface area contributed by atoms with Gasteiger partial charge >= 0.3 is 6.01 Å². The van der Waals surface area contributed by atoms with Gasteiger partial charge in [0.05, 0.1) is 6.04 Å². The fourth-order valence-corrected chi connectivity index (χ4v) is 0.831. The third kappa shape index (κ3) is 3.33. The van der Waals surface area contributed by atoms with Gasteiger partial charge in [0.15, 0.2) is 0 Å². The van der Waals surface area contributed by atoms with Gasteiger partial charge in [-0.2, -0.15) is 0 Å². The number of aromatic nitrogens is 2. The number of nitrogens with two attached hydrogens (primary N) is 1. The first-order valence-corrected chi connectivity index (χ1v) is 4.71. The van der Waals surface area contributed by atoms with E-state index in [2.05, 4.69) is 36.3 Å². The average Bonchev–Trinajstić information content (AvgIpc) is 2.47. The van der Waals surface area contributed by atoms with Crippen molar-refractivity contribution in [2.45, 2.75) is 33.7 Å². The summed E-state index contributed by atoms with van der Waals surface area (Å²) in [7, 11) is 0. The SMILES string of the molecule is CC(N)c1nnc(NCC(C)(C)C)o1. The zero-order valence-corrected chi connectivity index (χ0v) is 9.16. The topological polar surface area (TPSA) is 77.0 Å². The van der Waals surface area contributed by atoms with Gasteiger partial charge in [0.1, 0.15) is 0 Å². The molecule has 0 amide bonds. The molecule has 0 bridgehead atoms. The van der Waals surface area contributed by atoms with Gasteiger partial charge in [-0.05, 0) is 12.3 Å². The highest BCUT2D eigenvalue weighted by Crippen LogP contribution is 2.16. The van der Waals surface area contributed by atoms with E-state index in [1.165, 1.54) is 0 Å². The van der Waals surface area contributed by atoms with Crippen LogP contribution in [0.3, 0.4) is 0 Å². The maximum atomic E-state index is 5.58. The highest BCUT2D eigenvalue weighted by molar-refractivity contribution is 5.17. The Morgan fingerprint density at radius 1 is 1.43 bits per heavy atom. The molecule has 0 fully saturated rings. The second-order valence-corrected chi connectivity index (χ2v) is 4.65. The minimum atomic E-state index is -0.215.